The fourth-order valence-corrected chi connectivity index (χ4v) is 2.39. The van der Waals surface area contributed by atoms with Gasteiger partial charge in [0, 0.05) is 17.0 Å². The molecule has 1 aromatic heterocycles. The quantitative estimate of drug-likeness (QED) is 0.922. The van der Waals surface area contributed by atoms with Crippen molar-refractivity contribution in [3.63, 3.8) is 0 Å². The van der Waals surface area contributed by atoms with Crippen molar-refractivity contribution in [2.45, 2.75) is 19.9 Å². The van der Waals surface area contributed by atoms with Crippen molar-refractivity contribution < 1.29 is 9.18 Å². The first kappa shape index (κ1) is 15.6. The van der Waals surface area contributed by atoms with Gasteiger partial charge in [0.1, 0.15) is 5.82 Å². The summed E-state index contributed by atoms with van der Waals surface area (Å²) in [6, 6.07) is 6.43. The average molecular weight is 307 g/mol. The van der Waals surface area contributed by atoms with Crippen LogP contribution in [0, 0.1) is 5.82 Å². The number of hydrogen-bond donors (Lipinski definition) is 1. The van der Waals surface area contributed by atoms with E-state index in [0.717, 1.165) is 11.3 Å². The SMILES string of the molecule is CC(C)N(C)CC(=O)Nc1nc(-c2ccc(F)cc2)cs1. The summed E-state index contributed by atoms with van der Waals surface area (Å²) in [7, 11) is 1.90. The first-order valence-corrected chi connectivity index (χ1v) is 7.55. The van der Waals surface area contributed by atoms with Crippen molar-refractivity contribution in [1.82, 2.24) is 9.88 Å². The van der Waals surface area contributed by atoms with Gasteiger partial charge in [-0.3, -0.25) is 9.69 Å². The standard InChI is InChI=1S/C15H18FN3OS/c1-10(2)19(3)8-14(20)18-15-17-13(9-21-15)11-4-6-12(16)7-5-11/h4-7,9-10H,8H2,1-3H3,(H,17,18,20). The molecular formula is C15H18FN3OS. The molecule has 1 N–H and O–H groups in total. The fraction of sp³-hybridized carbons (Fsp3) is 0.333. The van der Waals surface area contributed by atoms with E-state index in [0.29, 0.717) is 17.7 Å². The highest BCUT2D eigenvalue weighted by molar-refractivity contribution is 7.14. The lowest BCUT2D eigenvalue weighted by atomic mass is 10.2. The molecule has 2 rings (SSSR count). The monoisotopic (exact) mass is 307 g/mol. The number of anilines is 1. The first-order valence-electron chi connectivity index (χ1n) is 6.67. The number of nitrogens with zero attached hydrogens (tertiary/aromatic N) is 2. The zero-order valence-electron chi connectivity index (χ0n) is 12.3. The molecule has 1 heterocycles. The molecule has 21 heavy (non-hydrogen) atoms. The van der Waals surface area contributed by atoms with Crippen LogP contribution in [-0.2, 0) is 4.79 Å². The number of nitrogens with one attached hydrogen (secondary N) is 1. The minimum atomic E-state index is -0.278. The van der Waals surface area contributed by atoms with Crippen LogP contribution in [0.4, 0.5) is 9.52 Å². The molecule has 0 radical (unpaired) electrons. The second kappa shape index (κ2) is 6.78. The van der Waals surface area contributed by atoms with Gasteiger partial charge >= 0.3 is 0 Å². The van der Waals surface area contributed by atoms with E-state index in [1.807, 2.05) is 31.2 Å². The van der Waals surface area contributed by atoms with E-state index in [4.69, 9.17) is 0 Å². The summed E-state index contributed by atoms with van der Waals surface area (Å²) in [4.78, 5) is 18.2. The number of halogens is 1. The Morgan fingerprint density at radius 3 is 2.67 bits per heavy atom. The van der Waals surface area contributed by atoms with Gasteiger partial charge in [-0.2, -0.15) is 0 Å². The normalized spacial score (nSPS) is 11.1. The average Bonchev–Trinajstić information content (AvgIpc) is 2.87. The van der Waals surface area contributed by atoms with E-state index in [9.17, 15) is 9.18 Å². The number of hydrogen-bond acceptors (Lipinski definition) is 4. The molecule has 0 atom stereocenters. The zero-order chi connectivity index (χ0) is 15.4. The summed E-state index contributed by atoms with van der Waals surface area (Å²) < 4.78 is 12.9. The summed E-state index contributed by atoms with van der Waals surface area (Å²) in [6.45, 7) is 4.38. The topological polar surface area (TPSA) is 45.2 Å². The molecule has 0 saturated carbocycles. The summed E-state index contributed by atoms with van der Waals surface area (Å²) in [5.74, 6) is -0.370. The van der Waals surface area contributed by atoms with Crippen molar-refractivity contribution >= 4 is 22.4 Å². The Morgan fingerprint density at radius 2 is 2.05 bits per heavy atom. The second-order valence-corrected chi connectivity index (χ2v) is 5.96. The maximum atomic E-state index is 12.9. The molecule has 0 fully saturated rings. The fourth-order valence-electron chi connectivity index (χ4n) is 1.65. The van der Waals surface area contributed by atoms with Gasteiger partial charge in [0.15, 0.2) is 5.13 Å². The van der Waals surface area contributed by atoms with Crippen molar-refractivity contribution in [2.24, 2.45) is 0 Å². The van der Waals surface area contributed by atoms with E-state index < -0.39 is 0 Å². The summed E-state index contributed by atoms with van der Waals surface area (Å²) >= 11 is 1.36. The molecule has 2 aromatic rings. The Morgan fingerprint density at radius 1 is 1.38 bits per heavy atom. The maximum absolute atomic E-state index is 12.9. The molecule has 0 aliphatic carbocycles. The minimum absolute atomic E-state index is 0.0915. The van der Waals surface area contributed by atoms with Gasteiger partial charge in [-0.05, 0) is 45.2 Å². The Hall–Kier alpha value is -1.79. The van der Waals surface area contributed by atoms with Gasteiger partial charge in [0.2, 0.25) is 5.91 Å². The van der Waals surface area contributed by atoms with Crippen molar-refractivity contribution in [2.75, 3.05) is 18.9 Å². The molecule has 4 nitrogen and oxygen atoms in total. The molecule has 0 aliphatic heterocycles. The lowest BCUT2D eigenvalue weighted by molar-refractivity contribution is -0.117. The van der Waals surface area contributed by atoms with Crippen LogP contribution in [0.25, 0.3) is 11.3 Å². The summed E-state index contributed by atoms with van der Waals surface area (Å²) in [5, 5.41) is 5.18. The van der Waals surface area contributed by atoms with E-state index in [2.05, 4.69) is 10.3 Å². The van der Waals surface area contributed by atoms with Crippen LogP contribution in [0.15, 0.2) is 29.6 Å². The number of aromatic nitrogens is 1. The van der Waals surface area contributed by atoms with Gasteiger partial charge < -0.3 is 5.32 Å². The molecule has 0 unspecified atom stereocenters. The Kier molecular flexibility index (Phi) is 5.03. The Balaban J connectivity index is 2.00. The molecule has 1 amide bonds. The number of thiazole rings is 1. The maximum Gasteiger partial charge on any atom is 0.240 e. The van der Waals surface area contributed by atoms with Crippen LogP contribution in [0.5, 0.6) is 0 Å². The van der Waals surface area contributed by atoms with Gasteiger partial charge in [-0.1, -0.05) is 0 Å². The first-order chi connectivity index (χ1) is 9.95. The Bertz CT molecular complexity index is 610. The van der Waals surface area contributed by atoms with E-state index in [1.165, 1.54) is 23.5 Å². The molecule has 0 aliphatic rings. The van der Waals surface area contributed by atoms with Crippen molar-refractivity contribution in [3.8, 4) is 11.3 Å². The zero-order valence-corrected chi connectivity index (χ0v) is 13.1. The third kappa shape index (κ3) is 4.34. The lowest BCUT2D eigenvalue weighted by Crippen LogP contribution is -2.34. The van der Waals surface area contributed by atoms with Crippen LogP contribution in [-0.4, -0.2) is 35.4 Å². The van der Waals surface area contributed by atoms with Gasteiger partial charge in [0.25, 0.3) is 0 Å². The van der Waals surface area contributed by atoms with E-state index in [-0.39, 0.29) is 11.7 Å². The van der Waals surface area contributed by atoms with E-state index >= 15 is 0 Å². The van der Waals surface area contributed by atoms with Crippen LogP contribution in [0.3, 0.4) is 0 Å². The second-order valence-electron chi connectivity index (χ2n) is 5.10. The summed E-state index contributed by atoms with van der Waals surface area (Å²) in [6.07, 6.45) is 0. The molecule has 112 valence electrons. The molecule has 0 saturated heterocycles. The number of amides is 1. The van der Waals surface area contributed by atoms with Gasteiger partial charge in [-0.25, -0.2) is 9.37 Å². The molecular weight excluding hydrogens is 289 g/mol. The van der Waals surface area contributed by atoms with Crippen LogP contribution < -0.4 is 5.32 Å². The molecule has 0 spiro atoms. The van der Waals surface area contributed by atoms with Crippen LogP contribution >= 0.6 is 11.3 Å². The number of benzene rings is 1. The van der Waals surface area contributed by atoms with Crippen molar-refractivity contribution in [1.29, 1.82) is 0 Å². The minimum Gasteiger partial charge on any atom is -0.301 e. The Labute approximate surface area is 127 Å². The number of rotatable bonds is 5. The lowest BCUT2D eigenvalue weighted by Gasteiger charge is -2.19. The highest BCUT2D eigenvalue weighted by Crippen LogP contribution is 2.24. The molecule has 0 bridgehead atoms. The third-order valence-electron chi connectivity index (χ3n) is 3.17. The molecule has 1 aromatic carbocycles. The highest BCUT2D eigenvalue weighted by atomic mass is 32.1. The van der Waals surface area contributed by atoms with Crippen LogP contribution in [0.2, 0.25) is 0 Å². The van der Waals surface area contributed by atoms with Crippen LogP contribution in [0.1, 0.15) is 13.8 Å². The third-order valence-corrected chi connectivity index (χ3v) is 3.92. The highest BCUT2D eigenvalue weighted by Gasteiger charge is 2.12. The van der Waals surface area contributed by atoms with E-state index in [1.54, 1.807) is 12.1 Å². The molecule has 6 heteroatoms. The smallest absolute Gasteiger partial charge is 0.240 e. The summed E-state index contributed by atoms with van der Waals surface area (Å²) in [5.41, 5.74) is 1.56. The largest absolute Gasteiger partial charge is 0.301 e. The predicted molar refractivity (Wildman–Crippen MR) is 83.9 cm³/mol. The van der Waals surface area contributed by atoms with Gasteiger partial charge in [-0.15, -0.1) is 11.3 Å². The van der Waals surface area contributed by atoms with Gasteiger partial charge in [0.05, 0.1) is 12.2 Å². The number of carbonyl (C=O) groups excluding carboxylic acids is 1. The number of likely N-dealkylation sites (N-methyl/N-ethyl adjacent to an activating group) is 1. The van der Waals surface area contributed by atoms with Crippen molar-refractivity contribution in [3.05, 3.63) is 35.5 Å². The predicted octanol–water partition coefficient (Wildman–Crippen LogP) is 3.23. The number of carbonyl (C=O) groups is 1.